The van der Waals surface area contributed by atoms with E-state index in [2.05, 4.69) is 27.8 Å². The molecule has 1 aromatic carbocycles. The summed E-state index contributed by atoms with van der Waals surface area (Å²) in [5, 5.41) is 6.81. The predicted molar refractivity (Wildman–Crippen MR) is 87.5 cm³/mol. The van der Waals surface area contributed by atoms with Crippen molar-refractivity contribution in [2.24, 2.45) is 0 Å². The Morgan fingerprint density at radius 3 is 2.68 bits per heavy atom. The number of benzene rings is 1. The lowest BCUT2D eigenvalue weighted by molar-refractivity contribution is -0.121. The van der Waals surface area contributed by atoms with E-state index in [4.69, 9.17) is 0 Å². The van der Waals surface area contributed by atoms with Crippen LogP contribution < -0.4 is 10.6 Å². The van der Waals surface area contributed by atoms with Crippen molar-refractivity contribution < 1.29 is 9.59 Å². The lowest BCUT2D eigenvalue weighted by Gasteiger charge is -2.05. The highest BCUT2D eigenvalue weighted by Gasteiger charge is 2.05. The number of carbonyl (C=O) groups excluding carboxylic acids is 2. The third-order valence-corrected chi connectivity index (χ3v) is 3.57. The molecule has 118 valence electrons. The number of nitrogens with one attached hydrogen (secondary N) is 3. The van der Waals surface area contributed by atoms with E-state index in [0.29, 0.717) is 19.5 Å². The largest absolute Gasteiger partial charge is 0.361 e. The topological polar surface area (TPSA) is 74.0 Å². The number of fused-ring (bicyclic) bond motifs is 1. The first-order valence-corrected chi connectivity index (χ1v) is 7.73. The Morgan fingerprint density at radius 2 is 1.86 bits per heavy atom. The van der Waals surface area contributed by atoms with Gasteiger partial charge in [0, 0.05) is 43.5 Å². The van der Waals surface area contributed by atoms with Crippen molar-refractivity contribution in [2.45, 2.75) is 32.6 Å². The molecule has 5 nitrogen and oxygen atoms in total. The summed E-state index contributed by atoms with van der Waals surface area (Å²) in [4.78, 5) is 25.7. The summed E-state index contributed by atoms with van der Waals surface area (Å²) in [6, 6.07) is 8.20. The van der Waals surface area contributed by atoms with Gasteiger partial charge in [-0.1, -0.05) is 18.2 Å². The average molecular weight is 301 g/mol. The first-order valence-electron chi connectivity index (χ1n) is 7.73. The van der Waals surface area contributed by atoms with Crippen LogP contribution in [0, 0.1) is 0 Å². The van der Waals surface area contributed by atoms with Gasteiger partial charge in [0.05, 0.1) is 0 Å². The van der Waals surface area contributed by atoms with E-state index in [9.17, 15) is 9.59 Å². The van der Waals surface area contributed by atoms with Crippen molar-refractivity contribution in [3.63, 3.8) is 0 Å². The van der Waals surface area contributed by atoms with Gasteiger partial charge in [0.1, 0.15) is 0 Å². The first kappa shape index (κ1) is 16.1. The van der Waals surface area contributed by atoms with Crippen LogP contribution in [0.25, 0.3) is 10.9 Å². The molecule has 22 heavy (non-hydrogen) atoms. The van der Waals surface area contributed by atoms with E-state index >= 15 is 0 Å². The fraction of sp³-hybridized carbons (Fsp3) is 0.412. The molecule has 0 unspecified atom stereocenters. The first-order chi connectivity index (χ1) is 10.7. The van der Waals surface area contributed by atoms with Crippen molar-refractivity contribution in [1.82, 2.24) is 15.6 Å². The number of hydrogen-bond acceptors (Lipinski definition) is 2. The van der Waals surface area contributed by atoms with Crippen molar-refractivity contribution in [1.29, 1.82) is 0 Å². The van der Waals surface area contributed by atoms with Gasteiger partial charge >= 0.3 is 0 Å². The molecule has 0 saturated carbocycles. The molecule has 0 fully saturated rings. The zero-order valence-electron chi connectivity index (χ0n) is 12.9. The van der Waals surface area contributed by atoms with Crippen molar-refractivity contribution in [2.75, 3.05) is 13.1 Å². The number of hydrogen-bond donors (Lipinski definition) is 3. The van der Waals surface area contributed by atoms with Gasteiger partial charge < -0.3 is 15.6 Å². The maximum atomic E-state index is 11.7. The molecule has 1 heterocycles. The molecular weight excluding hydrogens is 278 g/mol. The zero-order chi connectivity index (χ0) is 15.8. The quantitative estimate of drug-likeness (QED) is 0.653. The number of para-hydroxylation sites is 1. The van der Waals surface area contributed by atoms with Crippen LogP contribution in [0.1, 0.15) is 31.7 Å². The van der Waals surface area contributed by atoms with Crippen LogP contribution in [0.4, 0.5) is 0 Å². The van der Waals surface area contributed by atoms with Gasteiger partial charge in [-0.05, 0) is 30.9 Å². The van der Waals surface area contributed by atoms with Gasteiger partial charge in [-0.3, -0.25) is 9.59 Å². The van der Waals surface area contributed by atoms with Gasteiger partial charge in [0.25, 0.3) is 0 Å². The summed E-state index contributed by atoms with van der Waals surface area (Å²) >= 11 is 0. The highest BCUT2D eigenvalue weighted by atomic mass is 16.2. The minimum atomic E-state index is -0.0370. The Kier molecular flexibility index (Phi) is 6.01. The van der Waals surface area contributed by atoms with Crippen molar-refractivity contribution in [3.8, 4) is 0 Å². The number of aryl methyl sites for hydroxylation is 1. The second-order valence-corrected chi connectivity index (χ2v) is 5.40. The van der Waals surface area contributed by atoms with Crippen LogP contribution in [0.3, 0.4) is 0 Å². The monoisotopic (exact) mass is 301 g/mol. The Balaban J connectivity index is 1.64. The van der Waals surface area contributed by atoms with E-state index in [1.54, 1.807) is 0 Å². The summed E-state index contributed by atoms with van der Waals surface area (Å²) in [6.45, 7) is 2.69. The molecule has 0 atom stereocenters. The molecule has 2 aromatic rings. The van der Waals surface area contributed by atoms with Crippen LogP contribution in [-0.4, -0.2) is 29.9 Å². The summed E-state index contributed by atoms with van der Waals surface area (Å²) < 4.78 is 0. The molecule has 0 saturated heterocycles. The lowest BCUT2D eigenvalue weighted by Crippen LogP contribution is -2.28. The summed E-state index contributed by atoms with van der Waals surface area (Å²) in [5.41, 5.74) is 2.40. The Morgan fingerprint density at radius 1 is 1.09 bits per heavy atom. The molecule has 5 heteroatoms. The van der Waals surface area contributed by atoms with Crippen LogP contribution in [0.5, 0.6) is 0 Å². The van der Waals surface area contributed by atoms with Gasteiger partial charge in [-0.25, -0.2) is 0 Å². The minimum Gasteiger partial charge on any atom is -0.361 e. The van der Waals surface area contributed by atoms with E-state index in [0.717, 1.165) is 24.8 Å². The molecule has 0 spiro atoms. The summed E-state index contributed by atoms with van der Waals surface area (Å²) in [5.74, 6) is 0.0349. The molecule has 2 rings (SSSR count). The van der Waals surface area contributed by atoms with Crippen LogP contribution >= 0.6 is 0 Å². The lowest BCUT2D eigenvalue weighted by atomic mass is 10.1. The third kappa shape index (κ3) is 4.91. The molecule has 1 aromatic heterocycles. The second-order valence-electron chi connectivity index (χ2n) is 5.40. The molecule has 2 amide bonds. The molecular formula is C17H23N3O2. The summed E-state index contributed by atoms with van der Waals surface area (Å²) in [6.07, 6.45) is 5.03. The predicted octanol–water partition coefficient (Wildman–Crippen LogP) is 2.13. The SMILES string of the molecule is CC(=O)NCCCNC(=O)CCCc1c[nH]c2ccccc12. The highest BCUT2D eigenvalue weighted by molar-refractivity contribution is 5.83. The van der Waals surface area contributed by atoms with E-state index in [-0.39, 0.29) is 11.8 Å². The molecule has 3 N–H and O–H groups in total. The number of aromatic amines is 1. The zero-order valence-corrected chi connectivity index (χ0v) is 12.9. The van der Waals surface area contributed by atoms with Gasteiger partial charge in [-0.2, -0.15) is 0 Å². The smallest absolute Gasteiger partial charge is 0.220 e. The van der Waals surface area contributed by atoms with Crippen molar-refractivity contribution >= 4 is 22.7 Å². The number of carbonyl (C=O) groups is 2. The minimum absolute atomic E-state index is 0.0370. The van der Waals surface area contributed by atoms with Crippen LogP contribution in [0.2, 0.25) is 0 Å². The molecule has 0 radical (unpaired) electrons. The number of rotatable bonds is 8. The molecule has 0 bridgehead atoms. The van der Waals surface area contributed by atoms with Crippen molar-refractivity contribution in [3.05, 3.63) is 36.0 Å². The van der Waals surface area contributed by atoms with E-state index in [1.807, 2.05) is 18.3 Å². The third-order valence-electron chi connectivity index (χ3n) is 3.57. The van der Waals surface area contributed by atoms with E-state index in [1.165, 1.54) is 17.9 Å². The van der Waals surface area contributed by atoms with Crippen LogP contribution in [0.15, 0.2) is 30.5 Å². The number of amides is 2. The average Bonchev–Trinajstić information content (AvgIpc) is 2.90. The normalized spacial score (nSPS) is 10.6. The molecule has 0 aliphatic rings. The standard InChI is InChI=1S/C17H23N3O2/c1-13(21)18-10-5-11-19-17(22)9-4-6-14-12-20-16-8-3-2-7-15(14)16/h2-3,7-8,12,20H,4-6,9-11H2,1H3,(H,18,21)(H,19,22). The Labute approximate surface area is 130 Å². The Hall–Kier alpha value is -2.30. The van der Waals surface area contributed by atoms with Crippen LogP contribution in [-0.2, 0) is 16.0 Å². The van der Waals surface area contributed by atoms with E-state index < -0.39 is 0 Å². The highest BCUT2D eigenvalue weighted by Crippen LogP contribution is 2.19. The molecule has 0 aliphatic heterocycles. The fourth-order valence-corrected chi connectivity index (χ4v) is 2.45. The Bertz CT molecular complexity index is 634. The van der Waals surface area contributed by atoms with Gasteiger partial charge in [0.2, 0.25) is 11.8 Å². The second kappa shape index (κ2) is 8.22. The van der Waals surface area contributed by atoms with Gasteiger partial charge in [-0.15, -0.1) is 0 Å². The number of H-pyrrole nitrogens is 1. The summed E-state index contributed by atoms with van der Waals surface area (Å²) in [7, 11) is 0. The maximum absolute atomic E-state index is 11.7. The fourth-order valence-electron chi connectivity index (χ4n) is 2.45. The number of aromatic nitrogens is 1. The van der Waals surface area contributed by atoms with Gasteiger partial charge in [0.15, 0.2) is 0 Å². The maximum Gasteiger partial charge on any atom is 0.220 e. The molecule has 0 aliphatic carbocycles.